The third-order valence-corrected chi connectivity index (χ3v) is 4.18. The van der Waals surface area contributed by atoms with Crippen molar-refractivity contribution in [2.45, 2.75) is 32.2 Å². The summed E-state index contributed by atoms with van der Waals surface area (Å²) in [6.45, 7) is 5.48. The van der Waals surface area contributed by atoms with Crippen LogP contribution in [0.4, 0.5) is 0 Å². The van der Waals surface area contributed by atoms with Gasteiger partial charge < -0.3 is 5.32 Å². The van der Waals surface area contributed by atoms with Crippen LogP contribution in [-0.2, 0) is 0 Å². The average Bonchev–Trinajstić information content (AvgIpc) is 2.93. The first-order valence-corrected chi connectivity index (χ1v) is 7.33. The summed E-state index contributed by atoms with van der Waals surface area (Å²) in [5, 5.41) is 6.73. The largest absolute Gasteiger partial charge is 0.308 e. The molecular formula is C15H20N2S. The highest BCUT2D eigenvalue weighted by molar-refractivity contribution is 7.09. The minimum atomic E-state index is 0.355. The highest BCUT2D eigenvalue weighted by Crippen LogP contribution is 2.19. The lowest BCUT2D eigenvalue weighted by atomic mass is 9.98. The Balaban J connectivity index is 1.76. The Kier molecular flexibility index (Phi) is 4.90. The standard InChI is InChI=1S/C15H20N2S/c1-12(14-6-4-3-5-7-14)8-9-16-13(2)15-17-10-11-18-15/h3-7,10-13,16H,8-9H2,1-2H3. The van der Waals surface area contributed by atoms with Gasteiger partial charge in [-0.25, -0.2) is 4.98 Å². The SMILES string of the molecule is CC(CCNC(C)c1nccs1)c1ccccc1. The topological polar surface area (TPSA) is 24.9 Å². The molecule has 0 aliphatic carbocycles. The Morgan fingerprint density at radius 3 is 2.67 bits per heavy atom. The first kappa shape index (κ1) is 13.2. The fourth-order valence-corrected chi connectivity index (χ4v) is 2.67. The van der Waals surface area contributed by atoms with E-state index in [1.165, 1.54) is 10.6 Å². The van der Waals surface area contributed by atoms with Crippen LogP contribution in [-0.4, -0.2) is 11.5 Å². The van der Waals surface area contributed by atoms with Gasteiger partial charge in [-0.1, -0.05) is 37.3 Å². The second kappa shape index (κ2) is 6.66. The molecule has 0 saturated heterocycles. The molecule has 3 heteroatoms. The summed E-state index contributed by atoms with van der Waals surface area (Å²) in [5.41, 5.74) is 1.42. The van der Waals surface area contributed by atoms with Crippen molar-refractivity contribution in [1.82, 2.24) is 10.3 Å². The van der Waals surface area contributed by atoms with E-state index in [9.17, 15) is 0 Å². The van der Waals surface area contributed by atoms with Crippen molar-refractivity contribution in [3.63, 3.8) is 0 Å². The van der Waals surface area contributed by atoms with Gasteiger partial charge in [0, 0.05) is 11.6 Å². The fraction of sp³-hybridized carbons (Fsp3) is 0.400. The number of rotatable bonds is 6. The van der Waals surface area contributed by atoms with Crippen molar-refractivity contribution in [3.8, 4) is 0 Å². The number of nitrogens with one attached hydrogen (secondary N) is 1. The molecule has 1 aromatic heterocycles. The molecule has 0 saturated carbocycles. The Bertz CT molecular complexity index is 439. The summed E-state index contributed by atoms with van der Waals surface area (Å²) in [7, 11) is 0. The Morgan fingerprint density at radius 2 is 2.00 bits per heavy atom. The van der Waals surface area contributed by atoms with Crippen LogP contribution in [0, 0.1) is 0 Å². The molecular weight excluding hydrogens is 240 g/mol. The molecule has 0 amide bonds. The second-order valence-electron chi connectivity index (χ2n) is 4.65. The van der Waals surface area contributed by atoms with E-state index in [0.29, 0.717) is 12.0 Å². The maximum Gasteiger partial charge on any atom is 0.109 e. The molecule has 2 nitrogen and oxygen atoms in total. The van der Waals surface area contributed by atoms with E-state index >= 15 is 0 Å². The van der Waals surface area contributed by atoms with E-state index < -0.39 is 0 Å². The van der Waals surface area contributed by atoms with E-state index in [1.54, 1.807) is 11.3 Å². The quantitative estimate of drug-likeness (QED) is 0.849. The lowest BCUT2D eigenvalue weighted by Gasteiger charge is -2.15. The van der Waals surface area contributed by atoms with Gasteiger partial charge in [0.25, 0.3) is 0 Å². The summed E-state index contributed by atoms with van der Waals surface area (Å²) in [5.74, 6) is 0.599. The zero-order valence-corrected chi connectivity index (χ0v) is 11.8. The van der Waals surface area contributed by atoms with Gasteiger partial charge in [0.05, 0.1) is 6.04 Å². The lowest BCUT2D eigenvalue weighted by molar-refractivity contribution is 0.529. The van der Waals surface area contributed by atoms with Crippen LogP contribution in [0.15, 0.2) is 41.9 Å². The molecule has 18 heavy (non-hydrogen) atoms. The molecule has 0 spiro atoms. The maximum absolute atomic E-state index is 4.33. The summed E-state index contributed by atoms with van der Waals surface area (Å²) in [6, 6.07) is 11.0. The van der Waals surface area contributed by atoms with Crippen molar-refractivity contribution in [2.24, 2.45) is 0 Å². The molecule has 0 aliphatic rings. The maximum atomic E-state index is 4.33. The monoisotopic (exact) mass is 260 g/mol. The summed E-state index contributed by atoms with van der Waals surface area (Å²) < 4.78 is 0. The van der Waals surface area contributed by atoms with Gasteiger partial charge in [-0.05, 0) is 31.4 Å². The predicted molar refractivity (Wildman–Crippen MR) is 78.0 cm³/mol. The van der Waals surface area contributed by atoms with Crippen LogP contribution in [0.25, 0.3) is 0 Å². The molecule has 2 atom stereocenters. The van der Waals surface area contributed by atoms with Crippen LogP contribution in [0.3, 0.4) is 0 Å². The van der Waals surface area contributed by atoms with Crippen molar-refractivity contribution >= 4 is 11.3 Å². The van der Waals surface area contributed by atoms with Crippen LogP contribution >= 0.6 is 11.3 Å². The van der Waals surface area contributed by atoms with Crippen LogP contribution < -0.4 is 5.32 Å². The van der Waals surface area contributed by atoms with Crippen LogP contribution in [0.2, 0.25) is 0 Å². The molecule has 96 valence electrons. The van der Waals surface area contributed by atoms with Crippen molar-refractivity contribution in [1.29, 1.82) is 0 Å². The molecule has 0 fully saturated rings. The Hall–Kier alpha value is -1.19. The van der Waals surface area contributed by atoms with Gasteiger partial charge in [0.1, 0.15) is 5.01 Å². The lowest BCUT2D eigenvalue weighted by Crippen LogP contribution is -2.20. The molecule has 1 heterocycles. The molecule has 0 bridgehead atoms. The number of aromatic nitrogens is 1. The first-order valence-electron chi connectivity index (χ1n) is 6.45. The number of benzene rings is 1. The van der Waals surface area contributed by atoms with E-state index in [4.69, 9.17) is 0 Å². The number of hydrogen-bond donors (Lipinski definition) is 1. The molecule has 2 aromatic rings. The molecule has 0 aliphatic heterocycles. The van der Waals surface area contributed by atoms with Gasteiger partial charge in [-0.3, -0.25) is 0 Å². The zero-order chi connectivity index (χ0) is 12.8. The van der Waals surface area contributed by atoms with Crippen LogP contribution in [0.1, 0.15) is 42.8 Å². The minimum absolute atomic E-state index is 0.355. The summed E-state index contributed by atoms with van der Waals surface area (Å²) in [4.78, 5) is 4.33. The van der Waals surface area contributed by atoms with E-state index in [2.05, 4.69) is 54.5 Å². The molecule has 2 unspecified atom stereocenters. The molecule has 2 rings (SSSR count). The van der Waals surface area contributed by atoms with Crippen LogP contribution in [0.5, 0.6) is 0 Å². The first-order chi connectivity index (χ1) is 8.77. The summed E-state index contributed by atoms with van der Waals surface area (Å²) >= 11 is 1.71. The highest BCUT2D eigenvalue weighted by atomic mass is 32.1. The number of hydrogen-bond acceptors (Lipinski definition) is 3. The average molecular weight is 260 g/mol. The predicted octanol–water partition coefficient (Wildman–Crippen LogP) is 3.99. The third kappa shape index (κ3) is 3.65. The molecule has 0 radical (unpaired) electrons. The van der Waals surface area contributed by atoms with Gasteiger partial charge in [-0.2, -0.15) is 0 Å². The number of thiazole rings is 1. The fourth-order valence-electron chi connectivity index (χ4n) is 2.00. The van der Waals surface area contributed by atoms with Gasteiger partial charge >= 0.3 is 0 Å². The van der Waals surface area contributed by atoms with Crippen molar-refractivity contribution in [2.75, 3.05) is 6.54 Å². The number of nitrogens with zero attached hydrogens (tertiary/aromatic N) is 1. The van der Waals surface area contributed by atoms with E-state index in [-0.39, 0.29) is 0 Å². The second-order valence-corrected chi connectivity index (χ2v) is 5.57. The van der Waals surface area contributed by atoms with Gasteiger partial charge in [-0.15, -0.1) is 11.3 Å². The summed E-state index contributed by atoms with van der Waals surface area (Å²) in [6.07, 6.45) is 3.02. The minimum Gasteiger partial charge on any atom is -0.308 e. The van der Waals surface area contributed by atoms with E-state index in [1.807, 2.05) is 11.6 Å². The van der Waals surface area contributed by atoms with E-state index in [0.717, 1.165) is 13.0 Å². The third-order valence-electron chi connectivity index (χ3n) is 3.22. The Labute approximate surface area is 113 Å². The zero-order valence-electron chi connectivity index (χ0n) is 11.0. The van der Waals surface area contributed by atoms with Crippen molar-refractivity contribution < 1.29 is 0 Å². The normalized spacial score (nSPS) is 14.3. The highest BCUT2D eigenvalue weighted by Gasteiger charge is 2.09. The molecule has 1 N–H and O–H groups in total. The van der Waals surface area contributed by atoms with Gasteiger partial charge in [0.2, 0.25) is 0 Å². The molecule has 1 aromatic carbocycles. The smallest absolute Gasteiger partial charge is 0.109 e. The van der Waals surface area contributed by atoms with Crippen molar-refractivity contribution in [3.05, 3.63) is 52.5 Å². The Morgan fingerprint density at radius 1 is 1.22 bits per heavy atom. The van der Waals surface area contributed by atoms with Gasteiger partial charge in [0.15, 0.2) is 0 Å².